The Morgan fingerprint density at radius 2 is 1.81 bits per heavy atom. The molecule has 3 nitrogen and oxygen atoms in total. The molecule has 0 saturated heterocycles. The SMILES string of the molecule is CC1CCC(c2nc3cc4c(cc3s2)N2CCc3ccccc3C2(C)OC4(C)C)CC1. The van der Waals surface area contributed by atoms with Crippen molar-refractivity contribution in [1.29, 1.82) is 0 Å². The fourth-order valence-electron chi connectivity index (χ4n) is 6.16. The molecule has 1 atom stereocenters. The van der Waals surface area contributed by atoms with E-state index < -0.39 is 5.72 Å². The summed E-state index contributed by atoms with van der Waals surface area (Å²) in [5, 5.41) is 1.34. The van der Waals surface area contributed by atoms with E-state index in [0.717, 1.165) is 24.4 Å². The van der Waals surface area contributed by atoms with Gasteiger partial charge in [0.15, 0.2) is 5.72 Å². The first-order valence-corrected chi connectivity index (χ1v) is 12.7. The summed E-state index contributed by atoms with van der Waals surface area (Å²) in [6.45, 7) is 10.1. The number of nitrogens with zero attached hydrogens (tertiary/aromatic N) is 2. The number of hydrogen-bond donors (Lipinski definition) is 0. The molecule has 162 valence electrons. The number of aromatic nitrogens is 1. The first-order valence-electron chi connectivity index (χ1n) is 11.9. The van der Waals surface area contributed by atoms with Crippen LogP contribution < -0.4 is 4.90 Å². The van der Waals surface area contributed by atoms with Crippen molar-refractivity contribution in [1.82, 2.24) is 4.98 Å². The van der Waals surface area contributed by atoms with Crippen molar-refractivity contribution in [3.05, 3.63) is 58.1 Å². The third kappa shape index (κ3) is 2.98. The summed E-state index contributed by atoms with van der Waals surface area (Å²) in [6, 6.07) is 13.5. The average molecular weight is 433 g/mol. The normalized spacial score (nSPS) is 29.4. The zero-order chi connectivity index (χ0) is 21.4. The number of thiazole rings is 1. The third-order valence-corrected chi connectivity index (χ3v) is 9.10. The van der Waals surface area contributed by atoms with E-state index in [1.165, 1.54) is 57.8 Å². The van der Waals surface area contributed by atoms with Crippen molar-refractivity contribution in [3.8, 4) is 0 Å². The number of hydrogen-bond acceptors (Lipinski definition) is 4. The van der Waals surface area contributed by atoms with Crippen LogP contribution in [0.4, 0.5) is 5.69 Å². The third-order valence-electron chi connectivity index (χ3n) is 7.92. The molecule has 3 aromatic rings. The molecule has 0 N–H and O–H groups in total. The lowest BCUT2D eigenvalue weighted by Gasteiger charge is -2.55. The number of rotatable bonds is 1. The first kappa shape index (κ1) is 19.8. The smallest absolute Gasteiger partial charge is 0.165 e. The van der Waals surface area contributed by atoms with Gasteiger partial charge in [0.2, 0.25) is 0 Å². The van der Waals surface area contributed by atoms with Gasteiger partial charge in [-0.2, -0.15) is 0 Å². The van der Waals surface area contributed by atoms with Gasteiger partial charge in [0, 0.05) is 29.3 Å². The molecule has 6 rings (SSSR count). The summed E-state index contributed by atoms with van der Waals surface area (Å²) in [7, 11) is 0. The molecule has 0 bridgehead atoms. The van der Waals surface area contributed by atoms with Crippen molar-refractivity contribution < 1.29 is 4.74 Å². The van der Waals surface area contributed by atoms with Crippen LogP contribution in [0.25, 0.3) is 10.2 Å². The Kier molecular flexibility index (Phi) is 4.33. The van der Waals surface area contributed by atoms with E-state index in [9.17, 15) is 0 Å². The summed E-state index contributed by atoms with van der Waals surface area (Å²) in [5.74, 6) is 1.51. The number of ether oxygens (including phenoxy) is 1. The van der Waals surface area contributed by atoms with E-state index >= 15 is 0 Å². The molecule has 31 heavy (non-hydrogen) atoms. The Hall–Kier alpha value is -1.91. The Morgan fingerprint density at radius 3 is 2.61 bits per heavy atom. The highest BCUT2D eigenvalue weighted by Crippen LogP contribution is 2.52. The summed E-state index contributed by atoms with van der Waals surface area (Å²) >= 11 is 1.92. The van der Waals surface area contributed by atoms with E-state index in [1.807, 2.05) is 11.3 Å². The summed E-state index contributed by atoms with van der Waals surface area (Å²) < 4.78 is 8.23. The van der Waals surface area contributed by atoms with Crippen LogP contribution in [0.5, 0.6) is 0 Å². The maximum Gasteiger partial charge on any atom is 0.165 e. The van der Waals surface area contributed by atoms with Crippen molar-refractivity contribution in [2.45, 2.75) is 77.0 Å². The summed E-state index contributed by atoms with van der Waals surface area (Å²) in [4.78, 5) is 7.63. The molecule has 2 aliphatic heterocycles. The van der Waals surface area contributed by atoms with E-state index in [-0.39, 0.29) is 5.60 Å². The topological polar surface area (TPSA) is 25.4 Å². The Balaban J connectivity index is 1.47. The highest BCUT2D eigenvalue weighted by molar-refractivity contribution is 7.18. The van der Waals surface area contributed by atoms with Gasteiger partial charge in [0.05, 0.1) is 20.8 Å². The van der Waals surface area contributed by atoms with Gasteiger partial charge in [-0.1, -0.05) is 44.0 Å². The molecule has 3 aliphatic rings. The number of fused-ring (bicyclic) bond motifs is 6. The van der Waals surface area contributed by atoms with E-state index in [1.54, 1.807) is 0 Å². The van der Waals surface area contributed by atoms with Gasteiger partial charge in [-0.3, -0.25) is 0 Å². The maximum atomic E-state index is 6.90. The van der Waals surface area contributed by atoms with Gasteiger partial charge in [0.1, 0.15) is 0 Å². The minimum Gasteiger partial charge on any atom is -0.341 e. The largest absolute Gasteiger partial charge is 0.341 e. The number of benzene rings is 2. The predicted molar refractivity (Wildman–Crippen MR) is 129 cm³/mol. The van der Waals surface area contributed by atoms with Gasteiger partial charge in [0.25, 0.3) is 0 Å². The molecule has 2 aromatic carbocycles. The van der Waals surface area contributed by atoms with Gasteiger partial charge in [-0.15, -0.1) is 11.3 Å². The van der Waals surface area contributed by atoms with Gasteiger partial charge in [-0.05, 0) is 63.6 Å². The quantitative estimate of drug-likeness (QED) is 0.410. The zero-order valence-corrected chi connectivity index (χ0v) is 19.9. The molecule has 1 aromatic heterocycles. The van der Waals surface area contributed by atoms with Gasteiger partial charge in [-0.25, -0.2) is 4.98 Å². The van der Waals surface area contributed by atoms with Crippen LogP contribution in [0, 0.1) is 5.92 Å². The Morgan fingerprint density at radius 1 is 1.03 bits per heavy atom. The van der Waals surface area contributed by atoms with Crippen LogP contribution in [-0.2, 0) is 22.5 Å². The van der Waals surface area contributed by atoms with E-state index in [2.05, 4.69) is 69.0 Å². The highest BCUT2D eigenvalue weighted by atomic mass is 32.1. The molecule has 0 spiro atoms. The van der Waals surface area contributed by atoms with Crippen LogP contribution in [0.1, 0.15) is 81.0 Å². The van der Waals surface area contributed by atoms with Crippen LogP contribution in [0.15, 0.2) is 36.4 Å². The fourth-order valence-corrected chi connectivity index (χ4v) is 7.31. The molecule has 0 amide bonds. The Labute approximate surface area is 189 Å². The molecular weight excluding hydrogens is 400 g/mol. The molecule has 4 heteroatoms. The van der Waals surface area contributed by atoms with Crippen LogP contribution in [0.3, 0.4) is 0 Å². The molecular formula is C27H32N2OS. The van der Waals surface area contributed by atoms with Crippen molar-refractivity contribution in [2.75, 3.05) is 11.4 Å². The average Bonchev–Trinajstić information content (AvgIpc) is 3.16. The van der Waals surface area contributed by atoms with Crippen LogP contribution >= 0.6 is 11.3 Å². The van der Waals surface area contributed by atoms with Crippen molar-refractivity contribution >= 4 is 27.2 Å². The standard InChI is InChI=1S/C27H32N2OS/c1-17-9-11-19(12-10-17)25-28-22-15-21-23(16-24(22)31-25)29-14-13-18-7-5-6-8-20(18)27(29,4)30-26(21,2)3/h5-8,15-17,19H,9-14H2,1-4H3. The van der Waals surface area contributed by atoms with Crippen molar-refractivity contribution in [3.63, 3.8) is 0 Å². The lowest BCUT2D eigenvalue weighted by molar-refractivity contribution is -0.155. The minimum absolute atomic E-state index is 0.372. The van der Waals surface area contributed by atoms with Crippen LogP contribution in [0.2, 0.25) is 0 Å². The molecule has 0 radical (unpaired) electrons. The zero-order valence-electron chi connectivity index (χ0n) is 19.1. The van der Waals surface area contributed by atoms with Gasteiger partial charge < -0.3 is 9.64 Å². The lowest BCUT2D eigenvalue weighted by atomic mass is 9.83. The Bertz CT molecular complexity index is 1160. The van der Waals surface area contributed by atoms with Crippen molar-refractivity contribution in [2.24, 2.45) is 5.92 Å². The minimum atomic E-state index is -0.438. The second kappa shape index (κ2) is 6.79. The van der Waals surface area contributed by atoms with Crippen LogP contribution in [-0.4, -0.2) is 11.5 Å². The maximum absolute atomic E-state index is 6.90. The lowest BCUT2D eigenvalue weighted by Crippen LogP contribution is -2.57. The highest BCUT2D eigenvalue weighted by Gasteiger charge is 2.49. The molecule has 1 aliphatic carbocycles. The monoisotopic (exact) mass is 432 g/mol. The molecule has 1 saturated carbocycles. The predicted octanol–water partition coefficient (Wildman–Crippen LogP) is 7.09. The van der Waals surface area contributed by atoms with E-state index in [0.29, 0.717) is 5.92 Å². The fraction of sp³-hybridized carbons (Fsp3) is 0.519. The molecule has 3 heterocycles. The number of anilines is 1. The second-order valence-electron chi connectivity index (χ2n) is 10.5. The van der Waals surface area contributed by atoms with Gasteiger partial charge >= 0.3 is 0 Å². The summed E-state index contributed by atoms with van der Waals surface area (Å²) in [6.07, 6.45) is 6.31. The molecule has 1 fully saturated rings. The second-order valence-corrected chi connectivity index (χ2v) is 11.6. The molecule has 1 unspecified atom stereocenters. The van der Waals surface area contributed by atoms with E-state index in [4.69, 9.17) is 9.72 Å². The summed E-state index contributed by atoms with van der Waals surface area (Å²) in [5.41, 5.74) is 5.65. The first-order chi connectivity index (χ1) is 14.8.